The number of hydrogen-bond acceptors (Lipinski definition) is 3. The first kappa shape index (κ1) is 16.1. The first-order valence-electron chi connectivity index (χ1n) is 7.39. The van der Waals surface area contributed by atoms with Gasteiger partial charge in [-0.3, -0.25) is 0 Å². The molecule has 3 heteroatoms. The fourth-order valence-corrected chi connectivity index (χ4v) is 3.24. The van der Waals surface area contributed by atoms with E-state index in [-0.39, 0.29) is 5.92 Å². The second kappa shape index (κ2) is 8.21. The quantitative estimate of drug-likeness (QED) is 0.510. The molecule has 0 radical (unpaired) electrons. The Morgan fingerprint density at radius 2 is 2.09 bits per heavy atom. The summed E-state index contributed by atoms with van der Waals surface area (Å²) < 4.78 is 0. The monoisotopic (exact) mass is 308 g/mol. The first-order valence-corrected chi connectivity index (χ1v) is 8.27. The highest BCUT2D eigenvalue weighted by molar-refractivity contribution is 7.10. The maximum atomic E-state index is 9.62. The molecule has 0 saturated carbocycles. The van der Waals surface area contributed by atoms with Crippen LogP contribution >= 0.6 is 11.3 Å². The molecule has 0 aliphatic rings. The summed E-state index contributed by atoms with van der Waals surface area (Å²) >= 11 is 1.72. The van der Waals surface area contributed by atoms with Crippen molar-refractivity contribution in [1.82, 2.24) is 0 Å². The van der Waals surface area contributed by atoms with E-state index in [9.17, 15) is 5.26 Å². The van der Waals surface area contributed by atoms with Gasteiger partial charge >= 0.3 is 0 Å². The largest absolute Gasteiger partial charge is 0.333 e. The summed E-state index contributed by atoms with van der Waals surface area (Å²) in [6, 6.07) is 16.6. The van der Waals surface area contributed by atoms with Crippen molar-refractivity contribution in [3.05, 3.63) is 77.1 Å². The van der Waals surface area contributed by atoms with Crippen LogP contribution in [-0.2, 0) is 0 Å². The van der Waals surface area contributed by atoms with E-state index in [1.165, 1.54) is 4.88 Å². The van der Waals surface area contributed by atoms with Crippen LogP contribution in [0.4, 0.5) is 5.69 Å². The van der Waals surface area contributed by atoms with E-state index >= 15 is 0 Å². The molecule has 1 atom stereocenters. The Morgan fingerprint density at radius 3 is 2.64 bits per heavy atom. The Morgan fingerprint density at radius 1 is 1.32 bits per heavy atom. The Bertz CT molecular complexity index is 650. The molecular formula is C19H20N2S. The van der Waals surface area contributed by atoms with Gasteiger partial charge in [0.2, 0.25) is 0 Å². The summed E-state index contributed by atoms with van der Waals surface area (Å²) in [4.78, 5) is 3.31. The molecule has 112 valence electrons. The molecule has 0 N–H and O–H groups in total. The molecule has 0 saturated heterocycles. The Kier molecular flexibility index (Phi) is 6.00. The van der Waals surface area contributed by atoms with Crippen molar-refractivity contribution < 1.29 is 0 Å². The van der Waals surface area contributed by atoms with E-state index < -0.39 is 0 Å². The highest BCUT2D eigenvalue weighted by atomic mass is 32.1. The van der Waals surface area contributed by atoms with Crippen LogP contribution in [0, 0.1) is 11.3 Å². The summed E-state index contributed by atoms with van der Waals surface area (Å²) in [5, 5.41) is 11.7. The molecule has 1 aromatic carbocycles. The van der Waals surface area contributed by atoms with Crippen molar-refractivity contribution in [2.75, 3.05) is 11.4 Å². The predicted octanol–water partition coefficient (Wildman–Crippen LogP) is 5.34. The average Bonchev–Trinajstić information content (AvgIpc) is 3.09. The van der Waals surface area contributed by atoms with Gasteiger partial charge in [0.15, 0.2) is 0 Å². The van der Waals surface area contributed by atoms with Gasteiger partial charge < -0.3 is 4.90 Å². The molecule has 22 heavy (non-hydrogen) atoms. The van der Waals surface area contributed by atoms with Gasteiger partial charge in [0, 0.05) is 23.0 Å². The van der Waals surface area contributed by atoms with Crippen molar-refractivity contribution in [1.29, 1.82) is 5.26 Å². The number of para-hydroxylation sites is 1. The van der Waals surface area contributed by atoms with E-state index in [1.54, 1.807) is 11.3 Å². The first-order chi connectivity index (χ1) is 10.8. The standard InChI is InChI=1S/C19H20N2S/c1-3-9-16(19-12-8-13-22-19)14-18(15-20)21(4-2)17-10-6-5-7-11-17/h3,5-8,10-14,16H,1,4,9H2,2H3/b18-14+/t16-/m0/s1. The van der Waals surface area contributed by atoms with Crippen LogP contribution in [0.15, 0.2) is 72.3 Å². The Hall–Kier alpha value is -2.31. The van der Waals surface area contributed by atoms with Crippen LogP contribution in [0.5, 0.6) is 0 Å². The van der Waals surface area contributed by atoms with E-state index in [2.05, 4.69) is 37.1 Å². The Labute approximate surface area is 136 Å². The van der Waals surface area contributed by atoms with E-state index in [0.29, 0.717) is 5.70 Å². The second-order valence-electron chi connectivity index (χ2n) is 4.89. The molecule has 0 aliphatic carbocycles. The molecular weight excluding hydrogens is 288 g/mol. The summed E-state index contributed by atoms with van der Waals surface area (Å²) in [7, 11) is 0. The molecule has 1 aromatic heterocycles. The average molecular weight is 308 g/mol. The highest BCUT2D eigenvalue weighted by Gasteiger charge is 2.14. The molecule has 0 fully saturated rings. The van der Waals surface area contributed by atoms with Crippen molar-refractivity contribution in [3.8, 4) is 6.07 Å². The highest BCUT2D eigenvalue weighted by Crippen LogP contribution is 2.29. The van der Waals surface area contributed by atoms with Gasteiger partial charge in [-0.15, -0.1) is 17.9 Å². The molecule has 0 unspecified atom stereocenters. The van der Waals surface area contributed by atoms with Gasteiger partial charge in [0.25, 0.3) is 0 Å². The van der Waals surface area contributed by atoms with Crippen molar-refractivity contribution in [3.63, 3.8) is 0 Å². The molecule has 0 aliphatic heterocycles. The SMILES string of the molecule is C=CC[C@@H](/C=C(\C#N)N(CC)c1ccccc1)c1cccs1. The summed E-state index contributed by atoms with van der Waals surface area (Å²) in [6.45, 7) is 6.67. The van der Waals surface area contributed by atoms with Gasteiger partial charge in [-0.25, -0.2) is 0 Å². The predicted molar refractivity (Wildman–Crippen MR) is 95.0 cm³/mol. The summed E-state index contributed by atoms with van der Waals surface area (Å²) in [6.07, 6.45) is 4.80. The van der Waals surface area contributed by atoms with Crippen LogP contribution in [0.3, 0.4) is 0 Å². The van der Waals surface area contributed by atoms with Gasteiger partial charge in [-0.05, 0) is 43.0 Å². The second-order valence-corrected chi connectivity index (χ2v) is 5.87. The molecule has 1 heterocycles. The number of rotatable bonds is 7. The lowest BCUT2D eigenvalue weighted by molar-refractivity contribution is 0.862. The third-order valence-electron chi connectivity index (χ3n) is 3.48. The van der Waals surface area contributed by atoms with E-state index in [4.69, 9.17) is 0 Å². The fraction of sp³-hybridized carbons (Fsp3) is 0.211. The van der Waals surface area contributed by atoms with Gasteiger partial charge in [-0.1, -0.05) is 30.3 Å². The van der Waals surface area contributed by atoms with Crippen molar-refractivity contribution in [2.45, 2.75) is 19.3 Å². The van der Waals surface area contributed by atoms with Crippen LogP contribution in [0.2, 0.25) is 0 Å². The minimum absolute atomic E-state index is 0.199. The Balaban J connectivity index is 2.35. The number of benzene rings is 1. The summed E-state index contributed by atoms with van der Waals surface area (Å²) in [5.41, 5.74) is 1.73. The summed E-state index contributed by atoms with van der Waals surface area (Å²) in [5.74, 6) is 0.199. The molecule has 0 spiro atoms. The molecule has 0 amide bonds. The van der Waals surface area contributed by atoms with E-state index in [1.807, 2.05) is 47.4 Å². The number of nitrogens with zero attached hydrogens (tertiary/aromatic N) is 2. The zero-order valence-corrected chi connectivity index (χ0v) is 13.6. The van der Waals surface area contributed by atoms with Crippen LogP contribution in [-0.4, -0.2) is 6.54 Å². The zero-order chi connectivity index (χ0) is 15.8. The third-order valence-corrected chi connectivity index (χ3v) is 4.48. The topological polar surface area (TPSA) is 27.0 Å². The van der Waals surface area contributed by atoms with Gasteiger partial charge in [-0.2, -0.15) is 5.26 Å². The maximum Gasteiger partial charge on any atom is 0.117 e. The lowest BCUT2D eigenvalue weighted by Crippen LogP contribution is -2.21. The lowest BCUT2D eigenvalue weighted by Gasteiger charge is -2.23. The minimum atomic E-state index is 0.199. The number of anilines is 1. The van der Waals surface area contributed by atoms with Crippen LogP contribution < -0.4 is 4.90 Å². The zero-order valence-electron chi connectivity index (χ0n) is 12.8. The minimum Gasteiger partial charge on any atom is -0.333 e. The molecule has 2 nitrogen and oxygen atoms in total. The van der Waals surface area contributed by atoms with E-state index in [0.717, 1.165) is 18.7 Å². The van der Waals surface area contributed by atoms with Crippen molar-refractivity contribution in [2.24, 2.45) is 0 Å². The number of thiophene rings is 1. The molecule has 2 aromatic rings. The van der Waals surface area contributed by atoms with Crippen LogP contribution in [0.25, 0.3) is 0 Å². The number of nitriles is 1. The van der Waals surface area contributed by atoms with Crippen molar-refractivity contribution >= 4 is 17.0 Å². The molecule has 2 rings (SSSR count). The smallest absolute Gasteiger partial charge is 0.117 e. The number of hydrogen-bond donors (Lipinski definition) is 0. The van der Waals surface area contributed by atoms with Gasteiger partial charge in [0.05, 0.1) is 0 Å². The maximum absolute atomic E-state index is 9.62. The number of allylic oxidation sites excluding steroid dienone is 3. The third kappa shape index (κ3) is 3.87. The normalized spacial score (nSPS) is 12.5. The molecule has 0 bridgehead atoms. The fourth-order valence-electron chi connectivity index (χ4n) is 2.43. The lowest BCUT2D eigenvalue weighted by atomic mass is 10.0. The van der Waals surface area contributed by atoms with Crippen LogP contribution in [0.1, 0.15) is 24.1 Å². The van der Waals surface area contributed by atoms with Gasteiger partial charge in [0.1, 0.15) is 11.8 Å².